The summed E-state index contributed by atoms with van der Waals surface area (Å²) in [5, 5.41) is 3.07. The molecule has 3 N–H and O–H groups in total. The third kappa shape index (κ3) is 4.42. The molecule has 2 aliphatic rings. The van der Waals surface area contributed by atoms with Gasteiger partial charge in [-0.1, -0.05) is 31.0 Å². The van der Waals surface area contributed by atoms with Crippen molar-refractivity contribution in [2.45, 2.75) is 50.5 Å². The first-order valence-electron chi connectivity index (χ1n) is 10.5. The highest BCUT2D eigenvalue weighted by Gasteiger charge is 2.26. The largest absolute Gasteiger partial charge is 0.383 e. The molecule has 0 spiro atoms. The summed E-state index contributed by atoms with van der Waals surface area (Å²) in [6.07, 6.45) is 6.11. The summed E-state index contributed by atoms with van der Waals surface area (Å²) in [5.41, 5.74) is 8.21. The lowest BCUT2D eigenvalue weighted by Crippen LogP contribution is -2.38. The zero-order chi connectivity index (χ0) is 20.2. The normalized spacial score (nSPS) is 18.0. The Morgan fingerprint density at radius 3 is 2.31 bits per heavy atom. The quantitative estimate of drug-likeness (QED) is 0.835. The number of piperidine rings is 1. The second kappa shape index (κ2) is 8.64. The molecule has 6 heteroatoms. The van der Waals surface area contributed by atoms with Crippen LogP contribution >= 0.6 is 0 Å². The fourth-order valence-electron chi connectivity index (χ4n) is 4.38. The average molecular weight is 393 g/mol. The van der Waals surface area contributed by atoms with Crippen molar-refractivity contribution in [3.05, 3.63) is 59.3 Å². The molecule has 1 aromatic carbocycles. The van der Waals surface area contributed by atoms with Crippen molar-refractivity contribution in [3.63, 3.8) is 0 Å². The third-order valence-electron chi connectivity index (χ3n) is 6.10. The lowest BCUT2D eigenvalue weighted by molar-refractivity contribution is 0.0711. The van der Waals surface area contributed by atoms with Crippen LogP contribution in [0, 0.1) is 0 Å². The maximum Gasteiger partial charge on any atom is 0.255 e. The maximum atomic E-state index is 12.6. The van der Waals surface area contributed by atoms with E-state index in [2.05, 4.69) is 10.3 Å². The topological polar surface area (TPSA) is 88.3 Å². The van der Waals surface area contributed by atoms with Crippen LogP contribution in [0.1, 0.15) is 70.9 Å². The summed E-state index contributed by atoms with van der Waals surface area (Å²) in [6.45, 7) is 1.40. The van der Waals surface area contributed by atoms with Crippen molar-refractivity contribution in [1.82, 2.24) is 15.2 Å². The number of nitrogens with zero attached hydrogens (tertiary/aromatic N) is 2. The smallest absolute Gasteiger partial charge is 0.255 e. The number of hydrogen-bond donors (Lipinski definition) is 2. The van der Waals surface area contributed by atoms with Crippen LogP contribution in [0.3, 0.4) is 0 Å². The Morgan fingerprint density at radius 2 is 1.66 bits per heavy atom. The van der Waals surface area contributed by atoms with Crippen molar-refractivity contribution in [2.75, 3.05) is 18.8 Å². The number of nitrogens with two attached hydrogens (primary N) is 1. The molecular formula is C23H28N4O2. The Hall–Kier alpha value is -2.89. The van der Waals surface area contributed by atoms with E-state index < -0.39 is 0 Å². The number of carbonyl (C=O) groups is 2. The number of amides is 2. The second-order valence-electron chi connectivity index (χ2n) is 8.06. The van der Waals surface area contributed by atoms with Gasteiger partial charge in [0, 0.05) is 36.3 Å². The van der Waals surface area contributed by atoms with E-state index in [0.717, 1.165) is 36.9 Å². The van der Waals surface area contributed by atoms with E-state index >= 15 is 0 Å². The average Bonchev–Trinajstić information content (AvgIpc) is 3.27. The summed E-state index contributed by atoms with van der Waals surface area (Å²) < 4.78 is 0. The van der Waals surface area contributed by atoms with Gasteiger partial charge < -0.3 is 16.0 Å². The van der Waals surface area contributed by atoms with Gasteiger partial charge in [0.25, 0.3) is 11.8 Å². The molecule has 0 radical (unpaired) electrons. The number of hydrogen-bond acceptors (Lipinski definition) is 4. The van der Waals surface area contributed by atoms with E-state index in [1.54, 1.807) is 6.07 Å². The summed E-state index contributed by atoms with van der Waals surface area (Å²) in [6, 6.07) is 13.4. The highest BCUT2D eigenvalue weighted by atomic mass is 16.2. The molecule has 0 bridgehead atoms. The monoisotopic (exact) mass is 392 g/mol. The minimum Gasteiger partial charge on any atom is -0.383 e. The molecular weight excluding hydrogens is 364 g/mol. The van der Waals surface area contributed by atoms with Crippen molar-refractivity contribution in [2.24, 2.45) is 0 Å². The molecule has 1 aliphatic carbocycles. The van der Waals surface area contributed by atoms with E-state index in [4.69, 9.17) is 5.73 Å². The molecule has 1 saturated heterocycles. The maximum absolute atomic E-state index is 12.6. The van der Waals surface area contributed by atoms with Crippen LogP contribution in [0.5, 0.6) is 0 Å². The predicted molar refractivity (Wildman–Crippen MR) is 113 cm³/mol. The lowest BCUT2D eigenvalue weighted by atomic mass is 9.92. The van der Waals surface area contributed by atoms with Gasteiger partial charge in [0.05, 0.1) is 5.56 Å². The van der Waals surface area contributed by atoms with E-state index in [1.165, 1.54) is 12.8 Å². The SMILES string of the molecule is Nc1nc(C2CCN(C(=O)c3ccccc3)CC2)ccc1C(=O)NC1CCCC1. The molecule has 1 aromatic heterocycles. The van der Waals surface area contributed by atoms with Crippen LogP contribution in [0.2, 0.25) is 0 Å². The highest BCUT2D eigenvalue weighted by Crippen LogP contribution is 2.29. The van der Waals surface area contributed by atoms with Gasteiger partial charge in [-0.3, -0.25) is 9.59 Å². The predicted octanol–water partition coefficient (Wildman–Crippen LogP) is 3.36. The lowest BCUT2D eigenvalue weighted by Gasteiger charge is -2.32. The van der Waals surface area contributed by atoms with Crippen LogP contribution in [0.4, 0.5) is 5.82 Å². The van der Waals surface area contributed by atoms with Crippen molar-refractivity contribution in [3.8, 4) is 0 Å². The minimum atomic E-state index is -0.128. The summed E-state index contributed by atoms with van der Waals surface area (Å²) >= 11 is 0. The first-order valence-corrected chi connectivity index (χ1v) is 10.5. The van der Waals surface area contributed by atoms with Crippen molar-refractivity contribution < 1.29 is 9.59 Å². The highest BCUT2D eigenvalue weighted by molar-refractivity contribution is 5.98. The zero-order valence-electron chi connectivity index (χ0n) is 16.6. The van der Waals surface area contributed by atoms with Gasteiger partial charge in [-0.15, -0.1) is 0 Å². The summed E-state index contributed by atoms with van der Waals surface area (Å²) in [5.74, 6) is 0.497. The molecule has 152 valence electrons. The number of nitrogen functional groups attached to an aromatic ring is 1. The zero-order valence-corrected chi connectivity index (χ0v) is 16.6. The van der Waals surface area contributed by atoms with E-state index in [-0.39, 0.29) is 23.8 Å². The molecule has 1 saturated carbocycles. The van der Waals surface area contributed by atoms with E-state index in [1.807, 2.05) is 41.3 Å². The molecule has 29 heavy (non-hydrogen) atoms. The first-order chi connectivity index (χ1) is 14.1. The molecule has 4 rings (SSSR count). The number of likely N-dealkylation sites (tertiary alicyclic amines) is 1. The van der Waals surface area contributed by atoms with E-state index in [0.29, 0.717) is 24.5 Å². The fourth-order valence-corrected chi connectivity index (χ4v) is 4.38. The number of carbonyl (C=O) groups excluding carboxylic acids is 2. The number of anilines is 1. The standard InChI is InChI=1S/C23H28N4O2/c24-21-19(22(28)25-18-8-4-5-9-18)10-11-20(26-21)16-12-14-27(15-13-16)23(29)17-6-2-1-3-7-17/h1-3,6-7,10-11,16,18H,4-5,8-9,12-15H2,(H2,24,26)(H,25,28). The first kappa shape index (κ1) is 19.4. The van der Waals surface area contributed by atoms with Gasteiger partial charge in [-0.05, 0) is 49.9 Å². The minimum absolute atomic E-state index is 0.0791. The van der Waals surface area contributed by atoms with Crippen molar-refractivity contribution in [1.29, 1.82) is 0 Å². The van der Waals surface area contributed by atoms with Gasteiger partial charge in [0.2, 0.25) is 0 Å². The van der Waals surface area contributed by atoms with Crippen LogP contribution in [-0.2, 0) is 0 Å². The number of benzene rings is 1. The molecule has 2 heterocycles. The number of rotatable bonds is 4. The van der Waals surface area contributed by atoms with Crippen LogP contribution in [-0.4, -0.2) is 40.8 Å². The summed E-state index contributed by atoms with van der Waals surface area (Å²) in [7, 11) is 0. The van der Waals surface area contributed by atoms with Gasteiger partial charge in [0.15, 0.2) is 0 Å². The molecule has 2 fully saturated rings. The fraction of sp³-hybridized carbons (Fsp3) is 0.435. The molecule has 2 aromatic rings. The van der Waals surface area contributed by atoms with Gasteiger partial charge >= 0.3 is 0 Å². The van der Waals surface area contributed by atoms with Gasteiger partial charge in [-0.2, -0.15) is 0 Å². The Balaban J connectivity index is 1.36. The Morgan fingerprint density at radius 1 is 0.966 bits per heavy atom. The molecule has 0 atom stereocenters. The molecule has 2 amide bonds. The van der Waals surface area contributed by atoms with Crippen LogP contribution < -0.4 is 11.1 Å². The van der Waals surface area contributed by atoms with Gasteiger partial charge in [0.1, 0.15) is 5.82 Å². The molecule has 1 aliphatic heterocycles. The molecule has 0 unspecified atom stereocenters. The Kier molecular flexibility index (Phi) is 5.79. The van der Waals surface area contributed by atoms with E-state index in [9.17, 15) is 9.59 Å². The Bertz CT molecular complexity index is 870. The second-order valence-corrected chi connectivity index (χ2v) is 8.06. The number of pyridine rings is 1. The van der Waals surface area contributed by atoms with Crippen LogP contribution in [0.15, 0.2) is 42.5 Å². The third-order valence-corrected chi connectivity index (χ3v) is 6.10. The molecule has 6 nitrogen and oxygen atoms in total. The van der Waals surface area contributed by atoms with Crippen molar-refractivity contribution >= 4 is 17.6 Å². The Labute approximate surface area is 171 Å². The number of nitrogens with one attached hydrogen (secondary N) is 1. The van der Waals surface area contributed by atoms with Gasteiger partial charge in [-0.25, -0.2) is 4.98 Å². The number of aromatic nitrogens is 1. The van der Waals surface area contributed by atoms with Crippen LogP contribution in [0.25, 0.3) is 0 Å². The summed E-state index contributed by atoms with van der Waals surface area (Å²) in [4.78, 5) is 31.5.